The summed E-state index contributed by atoms with van der Waals surface area (Å²) in [6.07, 6.45) is 0. The van der Waals surface area contributed by atoms with Gasteiger partial charge in [0.25, 0.3) is 5.91 Å². The molecule has 8 nitrogen and oxygen atoms in total. The number of amides is 1. The van der Waals surface area contributed by atoms with E-state index in [2.05, 4.69) is 0 Å². The van der Waals surface area contributed by atoms with Crippen molar-refractivity contribution < 1.29 is 23.9 Å². The number of nitrogens with zero attached hydrogens (tertiary/aromatic N) is 2. The van der Waals surface area contributed by atoms with E-state index in [9.17, 15) is 19.6 Å². The molecule has 1 heterocycles. The molecule has 1 aromatic heterocycles. The van der Waals surface area contributed by atoms with E-state index in [1.165, 1.54) is 17.0 Å². The summed E-state index contributed by atoms with van der Waals surface area (Å²) in [5.41, 5.74) is 6.97. The molecule has 0 aliphatic carbocycles. The van der Waals surface area contributed by atoms with E-state index in [1.54, 1.807) is 50.4 Å². The third-order valence-corrected chi connectivity index (χ3v) is 5.82. The zero-order valence-corrected chi connectivity index (χ0v) is 18.8. The maximum absolute atomic E-state index is 13.1. The van der Waals surface area contributed by atoms with Crippen LogP contribution in [0.3, 0.4) is 0 Å². The van der Waals surface area contributed by atoms with Crippen molar-refractivity contribution in [3.63, 3.8) is 0 Å². The Labute approximate surface area is 194 Å². The Balaban J connectivity index is 1.85. The third kappa shape index (κ3) is 5.02. The van der Waals surface area contributed by atoms with Crippen LogP contribution in [0.5, 0.6) is 0 Å². The van der Waals surface area contributed by atoms with Crippen molar-refractivity contribution in [2.45, 2.75) is 13.5 Å². The standard InChI is InChI=1S/C24H21N3O5S/c1-3-31-24(30)20-19(18(13-25)21(26)33-20)14-32-23(29)17-12-8-7-11-16(17)22(28)27(2)15-9-5-4-6-10-15/h4-12H,3,14,26H2,1-2H3. The van der Waals surface area contributed by atoms with E-state index in [1.807, 2.05) is 12.1 Å². The Morgan fingerprint density at radius 1 is 1.00 bits per heavy atom. The molecule has 0 atom stereocenters. The Morgan fingerprint density at radius 2 is 1.64 bits per heavy atom. The summed E-state index contributed by atoms with van der Waals surface area (Å²) < 4.78 is 10.4. The fraction of sp³-hybridized carbons (Fsp3) is 0.167. The van der Waals surface area contributed by atoms with Crippen molar-refractivity contribution in [3.8, 4) is 6.07 Å². The third-order valence-electron chi connectivity index (χ3n) is 4.78. The number of para-hydroxylation sites is 1. The van der Waals surface area contributed by atoms with Gasteiger partial charge < -0.3 is 20.1 Å². The molecule has 0 fully saturated rings. The van der Waals surface area contributed by atoms with Crippen LogP contribution in [0.1, 0.15) is 48.4 Å². The van der Waals surface area contributed by atoms with Gasteiger partial charge in [-0.25, -0.2) is 9.59 Å². The molecule has 0 aliphatic rings. The SMILES string of the molecule is CCOC(=O)c1sc(N)c(C#N)c1COC(=O)c1ccccc1C(=O)N(C)c1ccccc1. The van der Waals surface area contributed by atoms with Gasteiger partial charge >= 0.3 is 11.9 Å². The van der Waals surface area contributed by atoms with Gasteiger partial charge in [-0.3, -0.25) is 4.79 Å². The summed E-state index contributed by atoms with van der Waals surface area (Å²) in [5, 5.41) is 9.56. The lowest BCUT2D eigenvalue weighted by molar-refractivity contribution is 0.0451. The van der Waals surface area contributed by atoms with Crippen LogP contribution in [0.15, 0.2) is 54.6 Å². The Hall–Kier alpha value is -4.16. The monoisotopic (exact) mass is 463 g/mol. The lowest BCUT2D eigenvalue weighted by Gasteiger charge is -2.19. The van der Waals surface area contributed by atoms with Crippen LogP contribution >= 0.6 is 11.3 Å². The average molecular weight is 464 g/mol. The maximum Gasteiger partial charge on any atom is 0.348 e. The van der Waals surface area contributed by atoms with Gasteiger partial charge in [0, 0.05) is 18.3 Å². The number of rotatable bonds is 7. The topological polar surface area (TPSA) is 123 Å². The van der Waals surface area contributed by atoms with Crippen LogP contribution in [0.4, 0.5) is 10.7 Å². The Bertz CT molecular complexity index is 1230. The number of hydrogen-bond acceptors (Lipinski definition) is 8. The van der Waals surface area contributed by atoms with Gasteiger partial charge in [0.05, 0.1) is 23.3 Å². The van der Waals surface area contributed by atoms with Crippen molar-refractivity contribution >= 4 is 39.9 Å². The largest absolute Gasteiger partial charge is 0.462 e. The highest BCUT2D eigenvalue weighted by Gasteiger charge is 2.26. The fourth-order valence-corrected chi connectivity index (χ4v) is 4.04. The molecule has 0 saturated carbocycles. The highest BCUT2D eigenvalue weighted by atomic mass is 32.1. The molecule has 0 spiro atoms. The number of nitrogen functional groups attached to an aromatic ring is 1. The van der Waals surface area contributed by atoms with Gasteiger partial charge in [-0.05, 0) is 31.2 Å². The Kier molecular flexibility index (Phi) is 7.43. The zero-order valence-electron chi connectivity index (χ0n) is 18.0. The molecule has 0 saturated heterocycles. The molecule has 9 heteroatoms. The number of hydrogen-bond donors (Lipinski definition) is 1. The summed E-state index contributed by atoms with van der Waals surface area (Å²) in [6, 6.07) is 17.2. The molecule has 2 aromatic carbocycles. The summed E-state index contributed by atoms with van der Waals surface area (Å²) in [5.74, 6) is -1.82. The molecule has 3 aromatic rings. The molecule has 0 radical (unpaired) electrons. The summed E-state index contributed by atoms with van der Waals surface area (Å²) in [4.78, 5) is 39.7. The molecule has 0 aliphatic heterocycles. The predicted molar refractivity (Wildman–Crippen MR) is 124 cm³/mol. The molecule has 3 rings (SSSR count). The number of anilines is 2. The zero-order chi connectivity index (χ0) is 24.0. The summed E-state index contributed by atoms with van der Waals surface area (Å²) in [7, 11) is 1.61. The van der Waals surface area contributed by atoms with Crippen molar-refractivity contribution in [1.82, 2.24) is 0 Å². The second-order valence-electron chi connectivity index (χ2n) is 6.80. The minimum absolute atomic E-state index is 0.0593. The second kappa shape index (κ2) is 10.4. The minimum Gasteiger partial charge on any atom is -0.462 e. The fourth-order valence-electron chi connectivity index (χ4n) is 3.12. The van der Waals surface area contributed by atoms with Crippen LogP contribution in [0, 0.1) is 11.3 Å². The normalized spacial score (nSPS) is 10.2. The molecule has 168 valence electrons. The van der Waals surface area contributed by atoms with Gasteiger partial charge in [-0.2, -0.15) is 5.26 Å². The van der Waals surface area contributed by atoms with Gasteiger partial charge in [0.2, 0.25) is 0 Å². The van der Waals surface area contributed by atoms with Crippen molar-refractivity contribution in [3.05, 3.63) is 81.7 Å². The van der Waals surface area contributed by atoms with Crippen molar-refractivity contribution in [1.29, 1.82) is 5.26 Å². The number of esters is 2. The first-order valence-electron chi connectivity index (χ1n) is 9.96. The first-order chi connectivity index (χ1) is 15.9. The summed E-state index contributed by atoms with van der Waals surface area (Å²) in [6.45, 7) is 1.42. The van der Waals surface area contributed by atoms with E-state index >= 15 is 0 Å². The predicted octanol–water partition coefficient (Wildman–Crippen LogP) is 4.01. The van der Waals surface area contributed by atoms with Gasteiger partial charge in [0.1, 0.15) is 22.6 Å². The van der Waals surface area contributed by atoms with Crippen LogP contribution in [0.2, 0.25) is 0 Å². The maximum atomic E-state index is 13.1. The first kappa shape index (κ1) is 23.5. The van der Waals surface area contributed by atoms with Crippen LogP contribution in [0.25, 0.3) is 0 Å². The molecular weight excluding hydrogens is 442 g/mol. The van der Waals surface area contributed by atoms with Gasteiger partial charge in [-0.15, -0.1) is 11.3 Å². The number of nitriles is 1. The molecule has 2 N–H and O–H groups in total. The van der Waals surface area contributed by atoms with E-state index in [0.29, 0.717) is 5.69 Å². The minimum atomic E-state index is -0.774. The molecule has 1 amide bonds. The second-order valence-corrected chi connectivity index (χ2v) is 7.85. The van der Waals surface area contributed by atoms with Crippen LogP contribution in [-0.4, -0.2) is 31.5 Å². The molecule has 0 bridgehead atoms. The van der Waals surface area contributed by atoms with E-state index < -0.39 is 17.8 Å². The van der Waals surface area contributed by atoms with E-state index in [4.69, 9.17) is 15.2 Å². The smallest absolute Gasteiger partial charge is 0.348 e. The van der Waals surface area contributed by atoms with Gasteiger partial charge in [0.15, 0.2) is 0 Å². The molecular formula is C24H21N3O5S. The Morgan fingerprint density at radius 3 is 2.27 bits per heavy atom. The van der Waals surface area contributed by atoms with E-state index in [-0.39, 0.29) is 45.3 Å². The van der Waals surface area contributed by atoms with E-state index in [0.717, 1.165) is 11.3 Å². The number of nitrogens with two attached hydrogens (primary N) is 1. The quantitative estimate of drug-likeness (QED) is 0.525. The molecule has 33 heavy (non-hydrogen) atoms. The number of ether oxygens (including phenoxy) is 2. The van der Waals surface area contributed by atoms with Crippen molar-refractivity contribution in [2.75, 3.05) is 24.3 Å². The number of carbonyl (C=O) groups excluding carboxylic acids is 3. The van der Waals surface area contributed by atoms with Crippen LogP contribution < -0.4 is 10.6 Å². The van der Waals surface area contributed by atoms with Gasteiger partial charge in [-0.1, -0.05) is 30.3 Å². The highest BCUT2D eigenvalue weighted by molar-refractivity contribution is 7.18. The molecule has 0 unspecified atom stereocenters. The lowest BCUT2D eigenvalue weighted by Crippen LogP contribution is -2.28. The highest BCUT2D eigenvalue weighted by Crippen LogP contribution is 2.32. The number of benzene rings is 2. The lowest BCUT2D eigenvalue weighted by atomic mass is 10.1. The van der Waals surface area contributed by atoms with Crippen LogP contribution in [-0.2, 0) is 16.1 Å². The average Bonchev–Trinajstić information content (AvgIpc) is 3.17. The number of carbonyl (C=O) groups is 3. The van der Waals surface area contributed by atoms with Crippen molar-refractivity contribution in [2.24, 2.45) is 0 Å². The summed E-state index contributed by atoms with van der Waals surface area (Å²) >= 11 is 0.899. The number of thiophene rings is 1. The first-order valence-corrected chi connectivity index (χ1v) is 10.8.